The first-order valence-corrected chi connectivity index (χ1v) is 6.03. The van der Waals surface area contributed by atoms with E-state index in [0.717, 1.165) is 13.2 Å². The minimum Gasteiger partial charge on any atom is -0.467 e. The molecular weight excluding hydrogens is 291 g/mol. The molecular formula is C13H10F3NO4. The van der Waals surface area contributed by atoms with Crippen molar-refractivity contribution in [1.82, 2.24) is 5.32 Å². The van der Waals surface area contributed by atoms with Crippen LogP contribution in [0.4, 0.5) is 13.2 Å². The Morgan fingerprint density at radius 2 is 2.05 bits per heavy atom. The van der Waals surface area contributed by atoms with Crippen molar-refractivity contribution in [1.29, 1.82) is 0 Å². The summed E-state index contributed by atoms with van der Waals surface area (Å²) in [6.45, 7) is 0. The van der Waals surface area contributed by atoms with Gasteiger partial charge in [0.1, 0.15) is 0 Å². The fourth-order valence-electron chi connectivity index (χ4n) is 2.80. The molecule has 0 bridgehead atoms. The summed E-state index contributed by atoms with van der Waals surface area (Å²) in [5.41, 5.74) is -4.64. The van der Waals surface area contributed by atoms with Gasteiger partial charge in [0.15, 0.2) is 5.54 Å². The Bertz CT molecular complexity index is 645. The van der Waals surface area contributed by atoms with E-state index in [4.69, 9.17) is 4.74 Å². The molecule has 2 heterocycles. The zero-order valence-electron chi connectivity index (χ0n) is 10.8. The molecule has 0 amide bonds. The van der Waals surface area contributed by atoms with Gasteiger partial charge in [-0.3, -0.25) is 10.1 Å². The van der Waals surface area contributed by atoms with Crippen LogP contribution >= 0.6 is 0 Å². The number of carbonyl (C=O) groups is 2. The van der Waals surface area contributed by atoms with Crippen molar-refractivity contribution in [2.24, 2.45) is 0 Å². The van der Waals surface area contributed by atoms with Gasteiger partial charge < -0.3 is 9.47 Å². The first-order valence-electron chi connectivity index (χ1n) is 6.03. The van der Waals surface area contributed by atoms with Crippen molar-refractivity contribution in [2.45, 2.75) is 23.9 Å². The largest absolute Gasteiger partial charge is 0.467 e. The van der Waals surface area contributed by atoms with Crippen LogP contribution in [0.5, 0.6) is 0 Å². The van der Waals surface area contributed by atoms with Gasteiger partial charge in [-0.15, -0.1) is 0 Å². The number of fused-ring (bicyclic) bond motifs is 1. The van der Waals surface area contributed by atoms with Gasteiger partial charge in [-0.25, -0.2) is 4.79 Å². The highest BCUT2D eigenvalue weighted by Crippen LogP contribution is 2.58. The summed E-state index contributed by atoms with van der Waals surface area (Å²) < 4.78 is 48.9. The van der Waals surface area contributed by atoms with Crippen LogP contribution in [0.25, 0.3) is 0 Å². The quantitative estimate of drug-likeness (QED) is 0.659. The van der Waals surface area contributed by atoms with Gasteiger partial charge in [0.2, 0.25) is 5.72 Å². The summed E-state index contributed by atoms with van der Waals surface area (Å²) in [4.78, 5) is 23.4. The Hall–Kier alpha value is -2.09. The lowest BCUT2D eigenvalue weighted by Gasteiger charge is -2.18. The molecule has 21 heavy (non-hydrogen) atoms. The van der Waals surface area contributed by atoms with Gasteiger partial charge in [-0.05, 0) is 6.07 Å². The van der Waals surface area contributed by atoms with E-state index in [0.29, 0.717) is 0 Å². The monoisotopic (exact) mass is 301 g/mol. The lowest BCUT2D eigenvalue weighted by molar-refractivity contribution is -0.150. The van der Waals surface area contributed by atoms with Crippen molar-refractivity contribution in [3.05, 3.63) is 35.4 Å². The number of rotatable bonds is 2. The summed E-state index contributed by atoms with van der Waals surface area (Å²) in [6, 6.07) is 4.66. The van der Waals surface area contributed by atoms with Gasteiger partial charge >= 0.3 is 18.1 Å². The Balaban J connectivity index is 2.14. The van der Waals surface area contributed by atoms with E-state index in [1.807, 2.05) is 0 Å². The standard InChI is InChI=1S/C13H10F3NO4/c1-20-10(19)11-6-9(18)21-12(11,17-11)7-4-2-3-5-8(7)13(14,15)16/h2-5,17H,6H2,1H3/t11-,12-/m0/s1. The zero-order chi connectivity index (χ0) is 15.5. The number of ether oxygens (including phenoxy) is 2. The number of halogens is 3. The van der Waals surface area contributed by atoms with E-state index < -0.39 is 34.9 Å². The second-order valence-electron chi connectivity index (χ2n) is 4.90. The first-order chi connectivity index (χ1) is 9.77. The SMILES string of the molecule is COC(=O)[C@@]12CC(=O)O[C@]1(c1ccccc1C(F)(F)F)N2. The molecule has 2 atom stereocenters. The summed E-state index contributed by atoms with van der Waals surface area (Å²) in [6.07, 6.45) is -5.00. The van der Waals surface area contributed by atoms with Crippen LogP contribution in [0, 0.1) is 0 Å². The Morgan fingerprint density at radius 1 is 1.38 bits per heavy atom. The van der Waals surface area contributed by atoms with E-state index in [1.54, 1.807) is 0 Å². The smallest absolute Gasteiger partial charge is 0.416 e. The molecule has 0 spiro atoms. The fraction of sp³-hybridized carbons (Fsp3) is 0.385. The van der Waals surface area contributed by atoms with E-state index in [-0.39, 0.29) is 12.0 Å². The summed E-state index contributed by atoms with van der Waals surface area (Å²) in [7, 11) is 1.10. The molecule has 0 aliphatic carbocycles. The molecule has 1 aromatic carbocycles. The van der Waals surface area contributed by atoms with Gasteiger partial charge in [0.25, 0.3) is 0 Å². The minimum absolute atomic E-state index is 0.297. The number of hydrogen-bond acceptors (Lipinski definition) is 5. The van der Waals surface area contributed by atoms with Crippen LogP contribution in [0.15, 0.2) is 24.3 Å². The maximum Gasteiger partial charge on any atom is 0.416 e. The van der Waals surface area contributed by atoms with Gasteiger partial charge in [0.05, 0.1) is 19.1 Å². The first kappa shape index (κ1) is 13.9. The normalized spacial score (nSPS) is 30.6. The highest BCUT2D eigenvalue weighted by Gasteiger charge is 2.82. The molecule has 8 heteroatoms. The van der Waals surface area contributed by atoms with Crippen molar-refractivity contribution in [2.75, 3.05) is 7.11 Å². The molecule has 3 rings (SSSR count). The second-order valence-corrected chi connectivity index (χ2v) is 4.90. The van der Waals surface area contributed by atoms with Crippen molar-refractivity contribution in [3.8, 4) is 0 Å². The lowest BCUT2D eigenvalue weighted by Crippen LogP contribution is -2.32. The molecule has 1 aromatic rings. The molecule has 2 aliphatic heterocycles. The highest BCUT2D eigenvalue weighted by atomic mass is 19.4. The van der Waals surface area contributed by atoms with E-state index in [9.17, 15) is 22.8 Å². The molecule has 1 N–H and O–H groups in total. The maximum atomic E-state index is 13.1. The van der Waals surface area contributed by atoms with Gasteiger partial charge in [-0.2, -0.15) is 13.2 Å². The third-order valence-electron chi connectivity index (χ3n) is 3.75. The summed E-state index contributed by atoms with van der Waals surface area (Å²) >= 11 is 0. The topological polar surface area (TPSA) is 74.5 Å². The lowest BCUT2D eigenvalue weighted by atomic mass is 9.92. The zero-order valence-corrected chi connectivity index (χ0v) is 10.8. The number of benzene rings is 1. The van der Waals surface area contributed by atoms with E-state index in [1.165, 1.54) is 18.2 Å². The minimum atomic E-state index is -4.63. The molecule has 0 radical (unpaired) electrons. The van der Waals surface area contributed by atoms with Crippen LogP contribution in [0.1, 0.15) is 17.5 Å². The Morgan fingerprint density at radius 3 is 2.67 bits per heavy atom. The van der Waals surface area contributed by atoms with Crippen LogP contribution < -0.4 is 5.32 Å². The average molecular weight is 301 g/mol. The Kier molecular flexibility index (Phi) is 2.62. The number of nitrogens with one attached hydrogen (secondary N) is 1. The third kappa shape index (κ3) is 1.68. The van der Waals surface area contributed by atoms with E-state index in [2.05, 4.69) is 10.1 Å². The fourth-order valence-corrected chi connectivity index (χ4v) is 2.80. The maximum absolute atomic E-state index is 13.1. The molecule has 0 unspecified atom stereocenters. The molecule has 2 saturated heterocycles. The molecule has 0 saturated carbocycles. The molecule has 2 fully saturated rings. The average Bonchev–Trinajstić information content (AvgIpc) is 2.96. The molecule has 2 aliphatic rings. The number of hydrogen-bond donors (Lipinski definition) is 1. The molecule has 0 aromatic heterocycles. The van der Waals surface area contributed by atoms with Crippen molar-refractivity contribution >= 4 is 11.9 Å². The predicted octanol–water partition coefficient (Wildman–Crippen LogP) is 1.32. The predicted molar refractivity (Wildman–Crippen MR) is 61.7 cm³/mol. The van der Waals surface area contributed by atoms with Crippen molar-refractivity contribution in [3.63, 3.8) is 0 Å². The summed E-state index contributed by atoms with van der Waals surface area (Å²) in [5.74, 6) is -1.58. The van der Waals surface area contributed by atoms with Gasteiger partial charge in [0, 0.05) is 5.56 Å². The highest BCUT2D eigenvalue weighted by molar-refractivity contribution is 5.96. The van der Waals surface area contributed by atoms with Crippen LogP contribution in [0.3, 0.4) is 0 Å². The van der Waals surface area contributed by atoms with E-state index >= 15 is 0 Å². The van der Waals surface area contributed by atoms with Crippen LogP contribution in [-0.2, 0) is 31.0 Å². The number of carbonyl (C=O) groups excluding carboxylic acids is 2. The third-order valence-corrected chi connectivity index (χ3v) is 3.75. The van der Waals surface area contributed by atoms with Crippen LogP contribution in [0.2, 0.25) is 0 Å². The van der Waals surface area contributed by atoms with Crippen LogP contribution in [-0.4, -0.2) is 24.6 Å². The number of methoxy groups -OCH3 is 1. The molecule has 112 valence electrons. The Labute approximate surface area is 117 Å². The second kappa shape index (κ2) is 3.97. The number of alkyl halides is 3. The molecule has 5 nitrogen and oxygen atoms in total. The van der Waals surface area contributed by atoms with Gasteiger partial charge in [-0.1, -0.05) is 18.2 Å². The number of esters is 2. The summed E-state index contributed by atoms with van der Waals surface area (Å²) in [5, 5.41) is 2.59. The van der Waals surface area contributed by atoms with Crippen molar-refractivity contribution < 1.29 is 32.2 Å².